The summed E-state index contributed by atoms with van der Waals surface area (Å²) in [6.07, 6.45) is -8.78. The van der Waals surface area contributed by atoms with Gasteiger partial charge in [-0.15, -0.1) is 0 Å². The second kappa shape index (κ2) is 5.56. The summed E-state index contributed by atoms with van der Waals surface area (Å²) in [5, 5.41) is 10.0. The molecular formula is C13H8F6N2O. The lowest BCUT2D eigenvalue weighted by molar-refractivity contribution is -0.139. The first kappa shape index (κ1) is 16.2. The lowest BCUT2D eigenvalue weighted by atomic mass is 9.96. The predicted molar refractivity (Wildman–Crippen MR) is 62.5 cm³/mol. The van der Waals surface area contributed by atoms with Gasteiger partial charge in [0.2, 0.25) is 0 Å². The van der Waals surface area contributed by atoms with Crippen molar-refractivity contribution in [3.8, 4) is 0 Å². The summed E-state index contributed by atoms with van der Waals surface area (Å²) in [5.41, 5.74) is -4.05. The highest BCUT2D eigenvalue weighted by molar-refractivity contribution is 5.38. The molecular weight excluding hydrogens is 314 g/mol. The molecule has 2 aromatic rings. The van der Waals surface area contributed by atoms with Gasteiger partial charge in [-0.25, -0.2) is 0 Å². The van der Waals surface area contributed by atoms with E-state index in [1.54, 1.807) is 0 Å². The number of pyridine rings is 2. The zero-order valence-electron chi connectivity index (χ0n) is 10.7. The van der Waals surface area contributed by atoms with Crippen LogP contribution in [0, 0.1) is 0 Å². The molecule has 3 nitrogen and oxygen atoms in total. The van der Waals surface area contributed by atoms with E-state index in [1.807, 2.05) is 0 Å². The first-order valence-electron chi connectivity index (χ1n) is 5.82. The predicted octanol–water partition coefficient (Wildman–Crippen LogP) is 3.60. The van der Waals surface area contributed by atoms with Crippen LogP contribution in [0.3, 0.4) is 0 Å². The number of hydrogen-bond donors (Lipinski definition) is 1. The number of nitrogens with zero attached hydrogens (tertiary/aromatic N) is 2. The van der Waals surface area contributed by atoms with Crippen LogP contribution in [0.2, 0.25) is 0 Å². The van der Waals surface area contributed by atoms with Crippen molar-refractivity contribution in [2.24, 2.45) is 0 Å². The number of aliphatic hydroxyl groups excluding tert-OH is 1. The molecule has 9 heteroatoms. The number of aliphatic hydroxyl groups is 1. The molecule has 2 aromatic heterocycles. The Hall–Kier alpha value is -2.16. The fraction of sp³-hybridized carbons (Fsp3) is 0.231. The van der Waals surface area contributed by atoms with Gasteiger partial charge in [0.25, 0.3) is 0 Å². The van der Waals surface area contributed by atoms with E-state index >= 15 is 0 Å². The number of rotatable bonds is 2. The molecule has 1 N–H and O–H groups in total. The third-order valence-electron chi connectivity index (χ3n) is 2.90. The molecule has 0 bridgehead atoms. The van der Waals surface area contributed by atoms with Gasteiger partial charge in [-0.3, -0.25) is 9.97 Å². The quantitative estimate of drug-likeness (QED) is 0.860. The van der Waals surface area contributed by atoms with Crippen molar-refractivity contribution < 1.29 is 31.4 Å². The molecule has 0 radical (unpaired) electrons. The molecule has 0 unspecified atom stereocenters. The van der Waals surface area contributed by atoms with Crippen molar-refractivity contribution in [2.45, 2.75) is 18.5 Å². The van der Waals surface area contributed by atoms with Gasteiger partial charge in [0.15, 0.2) is 0 Å². The molecule has 2 rings (SSSR count). The standard InChI is InChI=1S/C13H8F6N2O/c14-12(15,16)9-1-3-20-5-7(9)11(22)8-6-21-4-2-10(8)13(17,18)19/h1-6,11,22H. The summed E-state index contributed by atoms with van der Waals surface area (Å²) >= 11 is 0. The van der Waals surface area contributed by atoms with E-state index in [2.05, 4.69) is 9.97 Å². The van der Waals surface area contributed by atoms with Gasteiger partial charge in [-0.1, -0.05) is 0 Å². The van der Waals surface area contributed by atoms with Gasteiger partial charge in [0.1, 0.15) is 6.10 Å². The van der Waals surface area contributed by atoms with Gasteiger partial charge in [0, 0.05) is 35.9 Å². The average molecular weight is 322 g/mol. The Bertz CT molecular complexity index is 611. The molecule has 0 aliphatic heterocycles. The zero-order valence-corrected chi connectivity index (χ0v) is 10.7. The molecule has 0 aliphatic carbocycles. The smallest absolute Gasteiger partial charge is 0.384 e. The normalized spacial score (nSPS) is 12.7. The van der Waals surface area contributed by atoms with Crippen LogP contribution in [-0.2, 0) is 12.4 Å². The highest BCUT2D eigenvalue weighted by atomic mass is 19.4. The summed E-state index contributed by atoms with van der Waals surface area (Å²) in [6, 6.07) is 1.17. The second-order valence-electron chi connectivity index (χ2n) is 4.32. The van der Waals surface area contributed by atoms with Crippen LogP contribution in [0.15, 0.2) is 36.9 Å². The monoisotopic (exact) mass is 322 g/mol. The van der Waals surface area contributed by atoms with Crippen molar-refractivity contribution in [1.82, 2.24) is 9.97 Å². The molecule has 0 spiro atoms. The Morgan fingerprint density at radius 3 is 1.45 bits per heavy atom. The third kappa shape index (κ3) is 3.19. The molecule has 22 heavy (non-hydrogen) atoms. The second-order valence-corrected chi connectivity index (χ2v) is 4.32. The van der Waals surface area contributed by atoms with Crippen LogP contribution < -0.4 is 0 Å². The minimum atomic E-state index is -4.83. The van der Waals surface area contributed by atoms with E-state index in [-0.39, 0.29) is 0 Å². The van der Waals surface area contributed by atoms with E-state index in [1.165, 1.54) is 0 Å². The van der Waals surface area contributed by atoms with E-state index in [0.717, 1.165) is 12.4 Å². The Labute approximate surface area is 120 Å². The summed E-state index contributed by atoms with van der Waals surface area (Å²) in [5.74, 6) is 0. The fourth-order valence-electron chi connectivity index (χ4n) is 1.93. The summed E-state index contributed by atoms with van der Waals surface area (Å²) in [6.45, 7) is 0. The maximum atomic E-state index is 12.9. The maximum Gasteiger partial charge on any atom is 0.416 e. The van der Waals surface area contributed by atoms with Crippen molar-refractivity contribution in [2.75, 3.05) is 0 Å². The minimum Gasteiger partial charge on any atom is -0.384 e. The van der Waals surface area contributed by atoms with Gasteiger partial charge in [-0.05, 0) is 12.1 Å². The summed E-state index contributed by atoms with van der Waals surface area (Å²) < 4.78 is 77.3. The Balaban J connectivity index is 2.58. The first-order chi connectivity index (χ1) is 10.1. The molecule has 0 saturated heterocycles. The lowest BCUT2D eigenvalue weighted by Gasteiger charge is -2.20. The van der Waals surface area contributed by atoms with Gasteiger partial charge in [-0.2, -0.15) is 26.3 Å². The Morgan fingerprint density at radius 1 is 0.773 bits per heavy atom. The van der Waals surface area contributed by atoms with E-state index in [0.29, 0.717) is 24.5 Å². The van der Waals surface area contributed by atoms with Crippen molar-refractivity contribution in [3.63, 3.8) is 0 Å². The van der Waals surface area contributed by atoms with Crippen molar-refractivity contribution in [1.29, 1.82) is 0 Å². The summed E-state index contributed by atoms with van der Waals surface area (Å²) in [4.78, 5) is 6.87. The number of hydrogen-bond acceptors (Lipinski definition) is 3. The van der Waals surface area contributed by atoms with Crippen LogP contribution in [0.25, 0.3) is 0 Å². The third-order valence-corrected chi connectivity index (χ3v) is 2.90. The average Bonchev–Trinajstić information content (AvgIpc) is 2.45. The van der Waals surface area contributed by atoms with Crippen molar-refractivity contribution in [3.05, 3.63) is 59.2 Å². The number of aromatic nitrogens is 2. The van der Waals surface area contributed by atoms with Crippen LogP contribution in [0.5, 0.6) is 0 Å². The number of alkyl halides is 6. The summed E-state index contributed by atoms with van der Waals surface area (Å²) in [7, 11) is 0. The zero-order chi connectivity index (χ0) is 16.5. The first-order valence-corrected chi connectivity index (χ1v) is 5.82. The molecule has 0 aliphatic rings. The highest BCUT2D eigenvalue weighted by Gasteiger charge is 2.39. The largest absolute Gasteiger partial charge is 0.416 e. The van der Waals surface area contributed by atoms with Gasteiger partial charge < -0.3 is 5.11 Å². The molecule has 2 heterocycles. The van der Waals surface area contributed by atoms with Crippen LogP contribution in [0.4, 0.5) is 26.3 Å². The topological polar surface area (TPSA) is 46.0 Å². The Morgan fingerprint density at radius 2 is 1.14 bits per heavy atom. The lowest BCUT2D eigenvalue weighted by Crippen LogP contribution is -2.17. The molecule has 118 valence electrons. The number of halogens is 6. The molecule has 0 fully saturated rings. The van der Waals surface area contributed by atoms with E-state index in [4.69, 9.17) is 0 Å². The Kier molecular flexibility index (Phi) is 4.10. The molecule has 0 amide bonds. The van der Waals surface area contributed by atoms with E-state index < -0.39 is 40.7 Å². The maximum absolute atomic E-state index is 12.9. The minimum absolute atomic E-state index is 0.585. The van der Waals surface area contributed by atoms with Gasteiger partial charge in [0.05, 0.1) is 11.1 Å². The van der Waals surface area contributed by atoms with Gasteiger partial charge >= 0.3 is 12.4 Å². The highest BCUT2D eigenvalue weighted by Crippen LogP contribution is 2.39. The SMILES string of the molecule is OC(c1cnccc1C(F)(F)F)c1cnccc1C(F)(F)F. The molecule has 0 saturated carbocycles. The van der Waals surface area contributed by atoms with Crippen molar-refractivity contribution >= 4 is 0 Å². The molecule has 0 atom stereocenters. The van der Waals surface area contributed by atoms with Crippen LogP contribution in [0.1, 0.15) is 28.4 Å². The molecule has 0 aromatic carbocycles. The fourth-order valence-corrected chi connectivity index (χ4v) is 1.93. The van der Waals surface area contributed by atoms with Crippen LogP contribution in [-0.4, -0.2) is 15.1 Å². The van der Waals surface area contributed by atoms with Crippen LogP contribution >= 0.6 is 0 Å². The van der Waals surface area contributed by atoms with E-state index in [9.17, 15) is 31.4 Å².